The zero-order valence-corrected chi connectivity index (χ0v) is 12.7. The minimum atomic E-state index is -0.350. The molecular formula is C18H11ClN2O2. The lowest BCUT2D eigenvalue weighted by Gasteiger charge is -2.17. The average Bonchev–Trinajstić information content (AvgIpc) is 3.18. The molecule has 1 aromatic heterocycles. The highest BCUT2D eigenvalue weighted by atomic mass is 35.5. The third-order valence-electron chi connectivity index (χ3n) is 3.87. The Bertz CT molecular complexity index is 897. The van der Waals surface area contributed by atoms with Crippen molar-refractivity contribution in [2.75, 3.05) is 4.90 Å². The van der Waals surface area contributed by atoms with Crippen LogP contribution in [-0.2, 0) is 0 Å². The first-order chi connectivity index (χ1) is 11.2. The Labute approximate surface area is 137 Å². The predicted molar refractivity (Wildman–Crippen MR) is 88.4 cm³/mol. The van der Waals surface area contributed by atoms with Gasteiger partial charge in [-0.1, -0.05) is 23.7 Å². The van der Waals surface area contributed by atoms with Gasteiger partial charge in [0.2, 0.25) is 0 Å². The number of halogens is 1. The molecule has 0 N–H and O–H groups in total. The number of carbonyl (C=O) groups is 2. The highest BCUT2D eigenvalue weighted by molar-refractivity contribution is 6.39. The number of hydrogen-bond acceptors (Lipinski definition) is 2. The van der Waals surface area contributed by atoms with Crippen molar-refractivity contribution in [3.63, 3.8) is 0 Å². The Morgan fingerprint density at radius 1 is 0.783 bits per heavy atom. The molecule has 5 heteroatoms. The molecule has 0 aliphatic carbocycles. The summed E-state index contributed by atoms with van der Waals surface area (Å²) in [5.41, 5.74) is 2.02. The van der Waals surface area contributed by atoms with E-state index in [0.29, 0.717) is 21.8 Å². The molecule has 1 aliphatic heterocycles. The number of rotatable bonds is 2. The standard InChI is InChI=1S/C18H11ClN2O2/c19-15-8-7-12(20-9-3-4-10-20)11-16(15)21-17(22)13-5-1-2-6-14(13)18(21)23/h1-11H. The molecule has 0 bridgehead atoms. The summed E-state index contributed by atoms with van der Waals surface area (Å²) in [4.78, 5) is 26.3. The predicted octanol–water partition coefficient (Wildman–Crippen LogP) is 3.93. The quantitative estimate of drug-likeness (QED) is 0.671. The lowest BCUT2D eigenvalue weighted by atomic mass is 10.1. The van der Waals surface area contributed by atoms with Crippen molar-refractivity contribution in [2.24, 2.45) is 0 Å². The molecule has 1 aliphatic rings. The topological polar surface area (TPSA) is 42.3 Å². The van der Waals surface area contributed by atoms with Crippen molar-refractivity contribution in [3.05, 3.63) is 83.1 Å². The van der Waals surface area contributed by atoms with Crippen LogP contribution < -0.4 is 4.90 Å². The number of benzene rings is 2. The van der Waals surface area contributed by atoms with Crippen molar-refractivity contribution < 1.29 is 9.59 Å². The van der Waals surface area contributed by atoms with Crippen LogP contribution in [0.5, 0.6) is 0 Å². The van der Waals surface area contributed by atoms with Gasteiger partial charge in [-0.05, 0) is 42.5 Å². The van der Waals surface area contributed by atoms with Gasteiger partial charge in [-0.25, -0.2) is 4.90 Å². The summed E-state index contributed by atoms with van der Waals surface area (Å²) < 4.78 is 1.89. The number of imide groups is 1. The molecule has 0 spiro atoms. The molecule has 4 nitrogen and oxygen atoms in total. The van der Waals surface area contributed by atoms with E-state index in [0.717, 1.165) is 10.6 Å². The van der Waals surface area contributed by atoms with Crippen LogP contribution in [0.25, 0.3) is 5.69 Å². The Balaban J connectivity index is 1.84. The SMILES string of the molecule is O=C1c2ccccc2C(=O)N1c1cc(-n2cccc2)ccc1Cl. The van der Waals surface area contributed by atoms with Crippen LogP contribution in [0.4, 0.5) is 5.69 Å². The van der Waals surface area contributed by atoms with Crippen LogP contribution in [0.2, 0.25) is 5.02 Å². The molecule has 23 heavy (non-hydrogen) atoms. The summed E-state index contributed by atoms with van der Waals surface area (Å²) >= 11 is 6.26. The summed E-state index contributed by atoms with van der Waals surface area (Å²) in [7, 11) is 0. The number of hydrogen-bond donors (Lipinski definition) is 0. The first-order valence-corrected chi connectivity index (χ1v) is 7.45. The van der Waals surface area contributed by atoms with Gasteiger partial charge in [0.25, 0.3) is 11.8 Å². The van der Waals surface area contributed by atoms with Gasteiger partial charge < -0.3 is 4.57 Å². The van der Waals surface area contributed by atoms with Crippen molar-refractivity contribution in [1.82, 2.24) is 4.57 Å². The van der Waals surface area contributed by atoms with Gasteiger partial charge in [-0.2, -0.15) is 0 Å². The minimum absolute atomic E-state index is 0.350. The zero-order valence-electron chi connectivity index (χ0n) is 11.9. The van der Waals surface area contributed by atoms with Gasteiger partial charge in [-0.15, -0.1) is 0 Å². The van der Waals surface area contributed by atoms with Gasteiger partial charge in [0.1, 0.15) is 0 Å². The molecule has 2 amide bonds. The summed E-state index contributed by atoms with van der Waals surface area (Å²) in [6.07, 6.45) is 3.77. The Morgan fingerprint density at radius 2 is 1.39 bits per heavy atom. The van der Waals surface area contributed by atoms with Gasteiger partial charge in [-0.3, -0.25) is 9.59 Å². The molecule has 0 saturated heterocycles. The largest absolute Gasteiger partial charge is 0.324 e. The van der Waals surface area contributed by atoms with E-state index >= 15 is 0 Å². The van der Waals surface area contributed by atoms with E-state index in [-0.39, 0.29) is 11.8 Å². The number of fused-ring (bicyclic) bond motifs is 1. The summed E-state index contributed by atoms with van der Waals surface area (Å²) in [5, 5.41) is 0.357. The highest BCUT2D eigenvalue weighted by Gasteiger charge is 2.37. The molecular weight excluding hydrogens is 312 g/mol. The number of nitrogens with zero attached hydrogens (tertiary/aromatic N) is 2. The van der Waals surface area contributed by atoms with Gasteiger partial charge in [0, 0.05) is 18.1 Å². The Hall–Kier alpha value is -2.85. The van der Waals surface area contributed by atoms with Gasteiger partial charge in [0.05, 0.1) is 21.8 Å². The summed E-state index contributed by atoms with van der Waals surface area (Å²) in [5.74, 6) is -0.700. The van der Waals surface area contributed by atoms with Crippen LogP contribution in [0.15, 0.2) is 67.0 Å². The monoisotopic (exact) mass is 322 g/mol. The molecule has 4 rings (SSSR count). The number of aromatic nitrogens is 1. The number of anilines is 1. The number of carbonyl (C=O) groups excluding carboxylic acids is 2. The maximum atomic E-state index is 12.6. The van der Waals surface area contributed by atoms with Crippen molar-refractivity contribution >= 4 is 29.1 Å². The van der Waals surface area contributed by atoms with Crippen molar-refractivity contribution in [2.45, 2.75) is 0 Å². The van der Waals surface area contributed by atoms with E-state index in [2.05, 4.69) is 0 Å². The maximum absolute atomic E-state index is 12.6. The van der Waals surface area contributed by atoms with Crippen LogP contribution in [0, 0.1) is 0 Å². The van der Waals surface area contributed by atoms with Gasteiger partial charge >= 0.3 is 0 Å². The molecule has 0 radical (unpaired) electrons. The lowest BCUT2D eigenvalue weighted by molar-refractivity contribution is 0.0926. The van der Waals surface area contributed by atoms with Crippen LogP contribution in [0.1, 0.15) is 20.7 Å². The van der Waals surface area contributed by atoms with E-state index in [1.165, 1.54) is 0 Å². The van der Waals surface area contributed by atoms with Crippen molar-refractivity contribution in [3.8, 4) is 5.69 Å². The Morgan fingerprint density at radius 3 is 2.00 bits per heavy atom. The third kappa shape index (κ3) is 2.07. The first kappa shape index (κ1) is 13.8. The summed E-state index contributed by atoms with van der Waals surface area (Å²) in [6, 6.07) is 15.9. The lowest BCUT2D eigenvalue weighted by Crippen LogP contribution is -2.29. The average molecular weight is 323 g/mol. The van der Waals surface area contributed by atoms with Crippen LogP contribution >= 0.6 is 11.6 Å². The maximum Gasteiger partial charge on any atom is 0.266 e. The number of amides is 2. The van der Waals surface area contributed by atoms with E-state index in [1.807, 2.05) is 35.2 Å². The molecule has 112 valence electrons. The fourth-order valence-electron chi connectivity index (χ4n) is 2.75. The van der Waals surface area contributed by atoms with E-state index in [4.69, 9.17) is 11.6 Å². The fourth-order valence-corrected chi connectivity index (χ4v) is 2.95. The minimum Gasteiger partial charge on any atom is -0.324 e. The zero-order chi connectivity index (χ0) is 16.0. The fraction of sp³-hybridized carbons (Fsp3) is 0. The second-order valence-corrected chi connectivity index (χ2v) is 5.62. The molecule has 2 aromatic carbocycles. The summed E-state index contributed by atoms with van der Waals surface area (Å²) in [6.45, 7) is 0. The smallest absolute Gasteiger partial charge is 0.266 e. The van der Waals surface area contributed by atoms with Crippen molar-refractivity contribution in [1.29, 1.82) is 0 Å². The van der Waals surface area contributed by atoms with E-state index < -0.39 is 0 Å². The highest BCUT2D eigenvalue weighted by Crippen LogP contribution is 2.34. The van der Waals surface area contributed by atoms with E-state index in [1.54, 1.807) is 36.4 Å². The normalized spacial score (nSPS) is 13.5. The van der Waals surface area contributed by atoms with Gasteiger partial charge in [0.15, 0.2) is 0 Å². The molecule has 0 unspecified atom stereocenters. The second-order valence-electron chi connectivity index (χ2n) is 5.22. The third-order valence-corrected chi connectivity index (χ3v) is 4.19. The molecule has 2 heterocycles. The Kier molecular flexibility index (Phi) is 3.06. The van der Waals surface area contributed by atoms with Crippen LogP contribution in [-0.4, -0.2) is 16.4 Å². The van der Waals surface area contributed by atoms with Crippen LogP contribution in [0.3, 0.4) is 0 Å². The molecule has 0 fully saturated rings. The second kappa shape index (κ2) is 5.11. The molecule has 0 atom stereocenters. The van der Waals surface area contributed by atoms with E-state index in [9.17, 15) is 9.59 Å². The molecule has 0 saturated carbocycles. The first-order valence-electron chi connectivity index (χ1n) is 7.07. The molecule has 3 aromatic rings.